The van der Waals surface area contributed by atoms with Crippen LogP contribution in [-0.4, -0.2) is 19.6 Å². The molecule has 0 N–H and O–H groups in total. The van der Waals surface area contributed by atoms with Gasteiger partial charge in [-0.15, -0.1) is 21.5 Å². The SMILES string of the molecule is Cc1nc(Cl)c2nnc(-c3ccc(Br)s3)n2c1C. The van der Waals surface area contributed by atoms with Gasteiger partial charge in [-0.2, -0.15) is 0 Å². The zero-order chi connectivity index (χ0) is 12.9. The molecule has 0 fully saturated rings. The minimum absolute atomic E-state index is 0.382. The second kappa shape index (κ2) is 4.29. The number of hydrogen-bond donors (Lipinski definition) is 0. The third-order valence-electron chi connectivity index (χ3n) is 2.77. The Labute approximate surface area is 121 Å². The van der Waals surface area contributed by atoms with Crippen LogP contribution in [0.25, 0.3) is 16.3 Å². The lowest BCUT2D eigenvalue weighted by Crippen LogP contribution is -2.00. The average Bonchev–Trinajstić information content (AvgIpc) is 2.91. The number of hydrogen-bond acceptors (Lipinski definition) is 4. The highest BCUT2D eigenvalue weighted by Crippen LogP contribution is 2.32. The maximum absolute atomic E-state index is 6.10. The molecule has 4 nitrogen and oxygen atoms in total. The zero-order valence-corrected chi connectivity index (χ0v) is 12.8. The van der Waals surface area contributed by atoms with Crippen LogP contribution in [0.15, 0.2) is 15.9 Å². The van der Waals surface area contributed by atoms with Crippen LogP contribution in [0.2, 0.25) is 5.15 Å². The summed E-state index contributed by atoms with van der Waals surface area (Å²) in [4.78, 5) is 5.29. The molecule has 3 aromatic rings. The molecule has 0 aliphatic carbocycles. The second-order valence-corrected chi connectivity index (χ2v) is 6.68. The van der Waals surface area contributed by atoms with Crippen LogP contribution in [0, 0.1) is 13.8 Å². The van der Waals surface area contributed by atoms with Crippen molar-refractivity contribution < 1.29 is 0 Å². The van der Waals surface area contributed by atoms with Crippen molar-refractivity contribution >= 4 is 44.5 Å². The quantitative estimate of drug-likeness (QED) is 0.673. The van der Waals surface area contributed by atoms with E-state index in [9.17, 15) is 0 Å². The first-order chi connectivity index (χ1) is 8.58. The molecule has 0 radical (unpaired) electrons. The first-order valence-electron chi connectivity index (χ1n) is 5.21. The van der Waals surface area contributed by atoms with Crippen molar-refractivity contribution in [1.29, 1.82) is 0 Å². The van der Waals surface area contributed by atoms with Crippen molar-refractivity contribution in [1.82, 2.24) is 19.6 Å². The van der Waals surface area contributed by atoms with Crippen molar-refractivity contribution in [3.05, 3.63) is 32.5 Å². The molecule has 92 valence electrons. The molecule has 0 spiro atoms. The zero-order valence-electron chi connectivity index (χ0n) is 9.61. The molecular weight excluding hydrogens is 336 g/mol. The van der Waals surface area contributed by atoms with E-state index in [1.807, 2.05) is 30.4 Å². The maximum Gasteiger partial charge on any atom is 0.199 e. The summed E-state index contributed by atoms with van der Waals surface area (Å²) in [6, 6.07) is 4.00. The summed E-state index contributed by atoms with van der Waals surface area (Å²) >= 11 is 11.2. The first-order valence-corrected chi connectivity index (χ1v) is 7.20. The predicted molar refractivity (Wildman–Crippen MR) is 76.3 cm³/mol. The topological polar surface area (TPSA) is 43.1 Å². The lowest BCUT2D eigenvalue weighted by Gasteiger charge is -2.05. The van der Waals surface area contributed by atoms with Gasteiger partial charge in [-0.3, -0.25) is 4.40 Å². The molecule has 7 heteroatoms. The molecular formula is C11H8BrClN4S. The molecule has 3 rings (SSSR count). The Morgan fingerprint density at radius 1 is 1.28 bits per heavy atom. The van der Waals surface area contributed by atoms with Crippen LogP contribution in [0.1, 0.15) is 11.4 Å². The van der Waals surface area contributed by atoms with Gasteiger partial charge in [0.25, 0.3) is 0 Å². The van der Waals surface area contributed by atoms with E-state index in [1.165, 1.54) is 0 Å². The van der Waals surface area contributed by atoms with Gasteiger partial charge in [-0.25, -0.2) is 4.98 Å². The number of rotatable bonds is 1. The molecule has 3 heterocycles. The molecule has 0 aromatic carbocycles. The summed E-state index contributed by atoms with van der Waals surface area (Å²) < 4.78 is 3.01. The van der Waals surface area contributed by atoms with Crippen molar-refractivity contribution in [2.24, 2.45) is 0 Å². The van der Waals surface area contributed by atoms with Gasteiger partial charge in [0.15, 0.2) is 16.6 Å². The van der Waals surface area contributed by atoms with E-state index in [2.05, 4.69) is 31.1 Å². The van der Waals surface area contributed by atoms with E-state index >= 15 is 0 Å². The molecule has 0 bridgehead atoms. The number of thiophene rings is 1. The Morgan fingerprint density at radius 3 is 2.72 bits per heavy atom. The lowest BCUT2D eigenvalue weighted by atomic mass is 10.3. The van der Waals surface area contributed by atoms with Crippen LogP contribution >= 0.6 is 38.9 Å². The predicted octanol–water partition coefficient (Wildman–Crippen LogP) is 3.89. The van der Waals surface area contributed by atoms with Crippen molar-refractivity contribution in [2.75, 3.05) is 0 Å². The fourth-order valence-electron chi connectivity index (χ4n) is 1.77. The largest absolute Gasteiger partial charge is 0.275 e. The van der Waals surface area contributed by atoms with Crippen molar-refractivity contribution in [2.45, 2.75) is 13.8 Å². The van der Waals surface area contributed by atoms with Gasteiger partial charge in [0.2, 0.25) is 0 Å². The average molecular weight is 344 g/mol. The smallest absolute Gasteiger partial charge is 0.199 e. The van der Waals surface area contributed by atoms with Crippen LogP contribution in [0.3, 0.4) is 0 Å². The number of halogens is 2. The summed E-state index contributed by atoms with van der Waals surface area (Å²) in [5, 5.41) is 8.72. The monoisotopic (exact) mass is 342 g/mol. The van der Waals surface area contributed by atoms with Gasteiger partial charge in [-0.05, 0) is 41.9 Å². The molecule has 18 heavy (non-hydrogen) atoms. The number of aromatic nitrogens is 4. The van der Waals surface area contributed by atoms with Crippen LogP contribution in [0.4, 0.5) is 0 Å². The molecule has 3 aromatic heterocycles. The minimum atomic E-state index is 0.382. The molecule has 0 saturated heterocycles. The highest BCUT2D eigenvalue weighted by molar-refractivity contribution is 9.11. The Bertz CT molecular complexity index is 749. The molecule has 0 unspecified atom stereocenters. The molecule has 0 amide bonds. The van der Waals surface area contributed by atoms with E-state index in [1.54, 1.807) is 11.3 Å². The Morgan fingerprint density at radius 2 is 2.06 bits per heavy atom. The van der Waals surface area contributed by atoms with E-state index in [0.717, 1.165) is 25.9 Å². The Kier molecular flexibility index (Phi) is 2.88. The maximum atomic E-state index is 6.10. The molecule has 0 aliphatic heterocycles. The van der Waals surface area contributed by atoms with Crippen molar-refractivity contribution in [3.8, 4) is 10.7 Å². The first kappa shape index (κ1) is 12.1. The standard InChI is InChI=1S/C11H8BrClN4S/c1-5-6(2)17-10(7-3-4-8(12)18-7)15-16-11(17)9(13)14-5/h3-4H,1-2H3. The lowest BCUT2D eigenvalue weighted by molar-refractivity contribution is 1.00. The van der Waals surface area contributed by atoms with Gasteiger partial charge in [-0.1, -0.05) is 11.6 Å². The summed E-state index contributed by atoms with van der Waals surface area (Å²) in [6.45, 7) is 3.91. The van der Waals surface area contributed by atoms with Gasteiger partial charge in [0.1, 0.15) is 0 Å². The van der Waals surface area contributed by atoms with Crippen LogP contribution in [0.5, 0.6) is 0 Å². The summed E-state index contributed by atoms with van der Waals surface area (Å²) in [5.74, 6) is 0.797. The van der Waals surface area contributed by atoms with E-state index in [4.69, 9.17) is 11.6 Å². The minimum Gasteiger partial charge on any atom is -0.275 e. The van der Waals surface area contributed by atoms with Gasteiger partial charge in [0, 0.05) is 5.69 Å². The molecule has 0 atom stereocenters. The van der Waals surface area contributed by atoms with E-state index in [-0.39, 0.29) is 0 Å². The van der Waals surface area contributed by atoms with E-state index < -0.39 is 0 Å². The summed E-state index contributed by atoms with van der Waals surface area (Å²) in [7, 11) is 0. The van der Waals surface area contributed by atoms with Gasteiger partial charge >= 0.3 is 0 Å². The number of fused-ring (bicyclic) bond motifs is 1. The van der Waals surface area contributed by atoms with Gasteiger partial charge < -0.3 is 0 Å². The summed E-state index contributed by atoms with van der Waals surface area (Å²) in [6.07, 6.45) is 0. The number of aryl methyl sites for hydroxylation is 2. The third-order valence-corrected chi connectivity index (χ3v) is 4.64. The van der Waals surface area contributed by atoms with Gasteiger partial charge in [0.05, 0.1) is 14.4 Å². The highest BCUT2D eigenvalue weighted by atomic mass is 79.9. The Balaban J connectivity index is 2.38. The number of nitrogens with zero attached hydrogens (tertiary/aromatic N) is 4. The fraction of sp³-hybridized carbons (Fsp3) is 0.182. The fourth-order valence-corrected chi connectivity index (χ4v) is 3.38. The van der Waals surface area contributed by atoms with Crippen LogP contribution in [-0.2, 0) is 0 Å². The van der Waals surface area contributed by atoms with E-state index in [0.29, 0.717) is 10.8 Å². The second-order valence-electron chi connectivity index (χ2n) is 3.86. The molecule has 0 aliphatic rings. The normalized spacial score (nSPS) is 11.3. The van der Waals surface area contributed by atoms with Crippen LogP contribution < -0.4 is 0 Å². The molecule has 0 saturated carbocycles. The Hall–Kier alpha value is -0.980. The van der Waals surface area contributed by atoms with Crippen molar-refractivity contribution in [3.63, 3.8) is 0 Å². The highest BCUT2D eigenvalue weighted by Gasteiger charge is 2.16. The third kappa shape index (κ3) is 1.75. The summed E-state index contributed by atoms with van der Waals surface area (Å²) in [5.41, 5.74) is 2.47.